The molecule has 0 saturated carbocycles. The van der Waals surface area contributed by atoms with Gasteiger partial charge in [0.1, 0.15) is 6.04 Å². The van der Waals surface area contributed by atoms with Crippen LogP contribution < -0.4 is 14.9 Å². The smallest absolute Gasteiger partial charge is 0.328 e. The first-order valence-corrected chi connectivity index (χ1v) is 15.4. The van der Waals surface area contributed by atoms with Crippen LogP contribution >= 0.6 is 0 Å². The van der Waals surface area contributed by atoms with Crippen molar-refractivity contribution in [2.45, 2.75) is 70.9 Å². The normalized spacial score (nSPS) is 14.4. The van der Waals surface area contributed by atoms with E-state index < -0.39 is 51.9 Å². The number of hydrogen-bond acceptors (Lipinski definition) is 7. The van der Waals surface area contributed by atoms with E-state index in [0.717, 1.165) is 4.31 Å². The zero-order chi connectivity index (χ0) is 30.7. The Labute approximate surface area is 243 Å². The Kier molecular flexibility index (Phi) is 12.8. The van der Waals surface area contributed by atoms with Crippen LogP contribution in [0.1, 0.15) is 62.9 Å². The number of benzene rings is 2. The van der Waals surface area contributed by atoms with E-state index in [4.69, 9.17) is 4.74 Å². The Morgan fingerprint density at radius 3 is 2.22 bits per heavy atom. The number of nitrogens with one attached hydrogen (secondary N) is 2. The maximum Gasteiger partial charge on any atom is 0.328 e. The number of methoxy groups -OCH3 is 1. The summed E-state index contributed by atoms with van der Waals surface area (Å²) in [5.74, 6) is -2.11. The van der Waals surface area contributed by atoms with Gasteiger partial charge in [-0.05, 0) is 48.9 Å². The van der Waals surface area contributed by atoms with Crippen molar-refractivity contribution in [2.75, 3.05) is 18.5 Å². The number of aliphatic hydroxyl groups is 1. The van der Waals surface area contributed by atoms with E-state index in [9.17, 15) is 27.9 Å². The van der Waals surface area contributed by atoms with E-state index in [-0.39, 0.29) is 23.7 Å². The number of aliphatic hydroxyl groups excluding tert-OH is 1. The quantitative estimate of drug-likeness (QED) is 0.271. The second kappa shape index (κ2) is 15.5. The molecule has 0 unspecified atom stereocenters. The van der Waals surface area contributed by atoms with E-state index >= 15 is 0 Å². The lowest BCUT2D eigenvalue weighted by Gasteiger charge is -2.28. The summed E-state index contributed by atoms with van der Waals surface area (Å²) in [5.41, 5.74) is 1.22. The molecule has 0 spiro atoms. The summed E-state index contributed by atoms with van der Waals surface area (Å²) in [4.78, 5) is 37.8. The Balaban J connectivity index is 2.14. The molecular weight excluding hydrogens is 546 g/mol. The van der Waals surface area contributed by atoms with Gasteiger partial charge in [0.25, 0.3) is 5.91 Å². The SMILES string of the molecule is CC[C@H](NC(=O)[C@H](C)C[C@H](O)[C@H](CC(C)C)NC(=O)c1cccc(N(C)S(=O)(=O)Cc2ccccc2)c1)C(=O)OC. The van der Waals surface area contributed by atoms with Crippen LogP contribution in [0, 0.1) is 11.8 Å². The molecule has 11 heteroatoms. The van der Waals surface area contributed by atoms with E-state index in [0.29, 0.717) is 24.1 Å². The van der Waals surface area contributed by atoms with Crippen molar-refractivity contribution in [2.24, 2.45) is 11.8 Å². The van der Waals surface area contributed by atoms with Gasteiger partial charge in [-0.3, -0.25) is 13.9 Å². The van der Waals surface area contributed by atoms with Crippen LogP contribution in [-0.4, -0.2) is 63.7 Å². The van der Waals surface area contributed by atoms with Gasteiger partial charge in [-0.2, -0.15) is 0 Å². The number of sulfonamides is 1. The lowest BCUT2D eigenvalue weighted by Crippen LogP contribution is -2.47. The molecule has 4 atom stereocenters. The lowest BCUT2D eigenvalue weighted by atomic mass is 9.92. The van der Waals surface area contributed by atoms with Gasteiger partial charge in [-0.1, -0.05) is 64.1 Å². The lowest BCUT2D eigenvalue weighted by molar-refractivity contribution is -0.145. The first-order valence-electron chi connectivity index (χ1n) is 13.8. The van der Waals surface area contributed by atoms with E-state index in [2.05, 4.69) is 10.6 Å². The van der Waals surface area contributed by atoms with Crippen molar-refractivity contribution in [3.63, 3.8) is 0 Å². The van der Waals surface area contributed by atoms with Crippen LogP contribution in [0.5, 0.6) is 0 Å². The Morgan fingerprint density at radius 1 is 0.976 bits per heavy atom. The molecule has 0 aromatic heterocycles. The molecule has 0 aliphatic carbocycles. The molecule has 2 amide bonds. The Bertz CT molecular complexity index is 1270. The highest BCUT2D eigenvalue weighted by Crippen LogP contribution is 2.22. The maximum absolute atomic E-state index is 13.2. The average molecular weight is 590 g/mol. The molecule has 0 radical (unpaired) electrons. The van der Waals surface area contributed by atoms with Gasteiger partial charge in [0.05, 0.1) is 30.7 Å². The summed E-state index contributed by atoms with van der Waals surface area (Å²) in [5, 5.41) is 16.6. The molecule has 0 aliphatic rings. The summed E-state index contributed by atoms with van der Waals surface area (Å²) in [6, 6.07) is 13.7. The average Bonchev–Trinajstić information content (AvgIpc) is 2.94. The van der Waals surface area contributed by atoms with Crippen molar-refractivity contribution < 1.29 is 32.6 Å². The predicted octanol–water partition coefficient (Wildman–Crippen LogP) is 3.25. The first-order chi connectivity index (χ1) is 19.3. The number of rotatable bonds is 15. The van der Waals surface area contributed by atoms with Crippen LogP contribution in [0.2, 0.25) is 0 Å². The van der Waals surface area contributed by atoms with E-state index in [1.165, 1.54) is 20.2 Å². The zero-order valence-corrected chi connectivity index (χ0v) is 25.5. The highest BCUT2D eigenvalue weighted by molar-refractivity contribution is 7.92. The molecule has 0 heterocycles. The monoisotopic (exact) mass is 589 g/mol. The minimum atomic E-state index is -3.71. The standard InChI is InChI=1S/C30H43N3O7S/c1-7-25(30(37)40-6)31-28(35)21(4)17-27(34)26(16-20(2)3)32-29(36)23-14-11-15-24(18-23)33(5)41(38,39)19-22-12-9-8-10-13-22/h8-15,18,20-21,25-27,34H,7,16-17,19H2,1-6H3,(H,31,35)(H,32,36)/t21-,25+,26+,27+/m1/s1. The minimum Gasteiger partial charge on any atom is -0.467 e. The second-order valence-corrected chi connectivity index (χ2v) is 12.7. The van der Waals surface area contributed by atoms with Crippen LogP contribution in [0.25, 0.3) is 0 Å². The van der Waals surface area contributed by atoms with Crippen molar-refractivity contribution in [3.05, 3.63) is 65.7 Å². The number of amides is 2. The topological polar surface area (TPSA) is 142 Å². The number of nitrogens with zero attached hydrogens (tertiary/aromatic N) is 1. The first kappa shape index (κ1) is 33.8. The fraction of sp³-hybridized carbons (Fsp3) is 0.500. The molecule has 0 fully saturated rings. The Hall–Kier alpha value is -3.44. The van der Waals surface area contributed by atoms with Crippen molar-refractivity contribution >= 4 is 33.5 Å². The van der Waals surface area contributed by atoms with Gasteiger partial charge in [0.2, 0.25) is 15.9 Å². The molecule has 0 bridgehead atoms. The molecule has 226 valence electrons. The number of anilines is 1. The van der Waals surface area contributed by atoms with Gasteiger partial charge in [0.15, 0.2) is 0 Å². The second-order valence-electron chi connectivity index (χ2n) is 10.7. The highest BCUT2D eigenvalue weighted by atomic mass is 32.2. The Morgan fingerprint density at radius 2 is 1.63 bits per heavy atom. The number of esters is 1. The molecule has 3 N–H and O–H groups in total. The van der Waals surface area contributed by atoms with E-state index in [1.807, 2.05) is 19.9 Å². The van der Waals surface area contributed by atoms with Gasteiger partial charge in [-0.25, -0.2) is 13.2 Å². The summed E-state index contributed by atoms with van der Waals surface area (Å²) < 4.78 is 31.9. The third kappa shape index (κ3) is 10.2. The summed E-state index contributed by atoms with van der Waals surface area (Å²) >= 11 is 0. The van der Waals surface area contributed by atoms with Crippen LogP contribution in [-0.2, 0) is 30.1 Å². The van der Waals surface area contributed by atoms with Crippen molar-refractivity contribution in [1.29, 1.82) is 0 Å². The third-order valence-corrected chi connectivity index (χ3v) is 8.58. The molecular formula is C30H43N3O7S. The van der Waals surface area contributed by atoms with Crippen LogP contribution in [0.4, 0.5) is 5.69 Å². The predicted molar refractivity (Wildman–Crippen MR) is 159 cm³/mol. The number of carbonyl (C=O) groups is 3. The van der Waals surface area contributed by atoms with E-state index in [1.54, 1.807) is 56.3 Å². The molecule has 0 aliphatic heterocycles. The van der Waals surface area contributed by atoms with Gasteiger partial charge >= 0.3 is 5.97 Å². The molecule has 2 aromatic rings. The fourth-order valence-electron chi connectivity index (χ4n) is 4.37. The molecule has 41 heavy (non-hydrogen) atoms. The third-order valence-electron chi connectivity index (χ3n) is 6.84. The number of carbonyl (C=O) groups excluding carboxylic acids is 3. The van der Waals surface area contributed by atoms with Crippen LogP contribution in [0.3, 0.4) is 0 Å². The summed E-state index contributed by atoms with van der Waals surface area (Å²) in [6.45, 7) is 7.31. The molecule has 10 nitrogen and oxygen atoms in total. The largest absolute Gasteiger partial charge is 0.467 e. The molecule has 2 rings (SSSR count). The molecule has 0 saturated heterocycles. The van der Waals surface area contributed by atoms with Gasteiger partial charge in [0, 0.05) is 18.5 Å². The van der Waals surface area contributed by atoms with Gasteiger partial charge < -0.3 is 20.5 Å². The maximum atomic E-state index is 13.2. The summed E-state index contributed by atoms with van der Waals surface area (Å²) in [7, 11) is -1.01. The number of ether oxygens (including phenoxy) is 1. The number of hydrogen-bond donors (Lipinski definition) is 3. The van der Waals surface area contributed by atoms with Gasteiger partial charge in [-0.15, -0.1) is 0 Å². The molecule has 2 aromatic carbocycles. The fourth-order valence-corrected chi connectivity index (χ4v) is 5.62. The zero-order valence-electron chi connectivity index (χ0n) is 24.7. The van der Waals surface area contributed by atoms with Crippen molar-refractivity contribution in [1.82, 2.24) is 10.6 Å². The summed E-state index contributed by atoms with van der Waals surface area (Å²) in [6.07, 6.45) is -0.174. The van der Waals surface area contributed by atoms with Crippen LogP contribution in [0.15, 0.2) is 54.6 Å². The van der Waals surface area contributed by atoms with Crippen molar-refractivity contribution in [3.8, 4) is 0 Å². The minimum absolute atomic E-state index is 0.0572. The highest BCUT2D eigenvalue weighted by Gasteiger charge is 2.29.